The molecule has 0 aromatic heterocycles. The van der Waals surface area contributed by atoms with Gasteiger partial charge in [0.15, 0.2) is 0 Å². The fraction of sp³-hybridized carbons (Fsp3) is 0.500. The third-order valence-corrected chi connectivity index (χ3v) is 6.11. The Morgan fingerprint density at radius 3 is 2.47 bits per heavy atom. The van der Waals surface area contributed by atoms with Crippen LogP contribution in [-0.2, 0) is 14.8 Å². The van der Waals surface area contributed by atoms with Gasteiger partial charge in [0.1, 0.15) is 5.78 Å². The zero-order valence-electron chi connectivity index (χ0n) is 10.9. The average molecular weight is 279 g/mol. The molecule has 0 N–H and O–H groups in total. The van der Waals surface area contributed by atoms with Crippen molar-refractivity contribution in [2.24, 2.45) is 11.8 Å². The van der Waals surface area contributed by atoms with Crippen molar-refractivity contribution in [3.05, 3.63) is 29.8 Å². The van der Waals surface area contributed by atoms with E-state index in [-0.39, 0.29) is 11.8 Å². The van der Waals surface area contributed by atoms with Crippen molar-refractivity contribution in [3.8, 4) is 0 Å². The number of hydrogen-bond acceptors (Lipinski definition) is 3. The van der Waals surface area contributed by atoms with Gasteiger partial charge in [-0.3, -0.25) is 4.79 Å². The van der Waals surface area contributed by atoms with Crippen LogP contribution in [0.1, 0.15) is 18.4 Å². The molecule has 1 saturated heterocycles. The third-order valence-electron chi connectivity index (χ3n) is 4.23. The zero-order valence-corrected chi connectivity index (χ0v) is 11.7. The highest BCUT2D eigenvalue weighted by molar-refractivity contribution is 7.89. The van der Waals surface area contributed by atoms with Gasteiger partial charge < -0.3 is 0 Å². The minimum absolute atomic E-state index is 0.115. The molecule has 3 rings (SSSR count). The molecule has 2 fully saturated rings. The Bertz CT molecular complexity index is 606. The van der Waals surface area contributed by atoms with Gasteiger partial charge in [0.25, 0.3) is 0 Å². The monoisotopic (exact) mass is 279 g/mol. The minimum Gasteiger partial charge on any atom is -0.299 e. The molecule has 2 unspecified atom stereocenters. The second kappa shape index (κ2) is 4.42. The van der Waals surface area contributed by atoms with Crippen molar-refractivity contribution < 1.29 is 13.2 Å². The smallest absolute Gasteiger partial charge is 0.243 e. The van der Waals surface area contributed by atoms with Crippen LogP contribution < -0.4 is 0 Å². The molecule has 0 spiro atoms. The van der Waals surface area contributed by atoms with Crippen LogP contribution in [0.5, 0.6) is 0 Å². The predicted octanol–water partition coefficient (Wildman–Crippen LogP) is 1.59. The molecule has 4 nitrogen and oxygen atoms in total. The highest BCUT2D eigenvalue weighted by atomic mass is 32.2. The summed E-state index contributed by atoms with van der Waals surface area (Å²) >= 11 is 0. The van der Waals surface area contributed by atoms with Crippen molar-refractivity contribution >= 4 is 15.8 Å². The first-order valence-corrected chi connectivity index (χ1v) is 8.02. The topological polar surface area (TPSA) is 54.5 Å². The van der Waals surface area contributed by atoms with Gasteiger partial charge in [0.05, 0.1) is 4.90 Å². The maximum atomic E-state index is 12.5. The van der Waals surface area contributed by atoms with E-state index in [9.17, 15) is 13.2 Å². The number of Topliss-reactive ketones (excluding diaryl/α,β-unsaturated/α-hetero) is 1. The number of carbonyl (C=O) groups is 1. The normalized spacial score (nSPS) is 27.7. The summed E-state index contributed by atoms with van der Waals surface area (Å²) in [6.45, 7) is 2.89. The Hall–Kier alpha value is -1.20. The summed E-state index contributed by atoms with van der Waals surface area (Å²) in [5.74, 6) is 0.656. The minimum atomic E-state index is -3.40. The van der Waals surface area contributed by atoms with Crippen molar-refractivity contribution in [3.63, 3.8) is 0 Å². The van der Waals surface area contributed by atoms with Gasteiger partial charge in [0, 0.05) is 25.4 Å². The van der Waals surface area contributed by atoms with Crippen LogP contribution >= 0.6 is 0 Å². The Morgan fingerprint density at radius 1 is 1.21 bits per heavy atom. The molecule has 1 aromatic rings. The van der Waals surface area contributed by atoms with Crippen LogP contribution in [0.4, 0.5) is 0 Å². The van der Waals surface area contributed by atoms with E-state index in [1.54, 1.807) is 12.1 Å². The molecular weight excluding hydrogens is 262 g/mol. The summed E-state index contributed by atoms with van der Waals surface area (Å²) in [6, 6.07) is 6.93. The zero-order chi connectivity index (χ0) is 13.6. The second-order valence-corrected chi connectivity index (χ2v) is 7.44. The third kappa shape index (κ3) is 2.11. The van der Waals surface area contributed by atoms with E-state index in [4.69, 9.17) is 0 Å². The number of hydrogen-bond donors (Lipinski definition) is 0. The van der Waals surface area contributed by atoms with Crippen molar-refractivity contribution in [2.45, 2.75) is 24.7 Å². The molecule has 1 aliphatic carbocycles. The molecule has 2 aliphatic rings. The SMILES string of the molecule is Cc1ccc(S(=O)(=O)N2CCC3C(=O)CC3C2)cc1. The second-order valence-electron chi connectivity index (χ2n) is 5.50. The van der Waals surface area contributed by atoms with Gasteiger partial charge in [0.2, 0.25) is 10.0 Å². The number of rotatable bonds is 2. The first-order valence-electron chi connectivity index (χ1n) is 6.58. The van der Waals surface area contributed by atoms with Crippen LogP contribution in [0, 0.1) is 18.8 Å². The van der Waals surface area contributed by atoms with Gasteiger partial charge in [-0.15, -0.1) is 0 Å². The highest BCUT2D eigenvalue weighted by Crippen LogP contribution is 2.38. The Balaban J connectivity index is 1.81. The van der Waals surface area contributed by atoms with E-state index in [1.165, 1.54) is 4.31 Å². The Labute approximate surface area is 113 Å². The maximum Gasteiger partial charge on any atom is 0.243 e. The maximum absolute atomic E-state index is 12.5. The van der Waals surface area contributed by atoms with Gasteiger partial charge in [-0.25, -0.2) is 8.42 Å². The fourth-order valence-electron chi connectivity index (χ4n) is 2.96. The fourth-order valence-corrected chi connectivity index (χ4v) is 4.47. The van der Waals surface area contributed by atoms with Crippen molar-refractivity contribution in [1.29, 1.82) is 0 Å². The summed E-state index contributed by atoms with van der Waals surface area (Å²) in [5, 5.41) is 0. The molecule has 1 aliphatic heterocycles. The van der Waals surface area contributed by atoms with Gasteiger partial charge >= 0.3 is 0 Å². The van der Waals surface area contributed by atoms with Crippen LogP contribution in [0.25, 0.3) is 0 Å². The number of piperidine rings is 1. The first kappa shape index (κ1) is 12.8. The number of aryl methyl sites for hydroxylation is 1. The summed E-state index contributed by atoms with van der Waals surface area (Å²) in [4.78, 5) is 11.7. The van der Waals surface area contributed by atoms with E-state index in [0.717, 1.165) is 5.56 Å². The van der Waals surface area contributed by atoms with Gasteiger partial charge in [-0.2, -0.15) is 4.31 Å². The van der Waals surface area contributed by atoms with Crippen LogP contribution in [0.15, 0.2) is 29.2 Å². The number of carbonyl (C=O) groups excluding carboxylic acids is 1. The molecule has 5 heteroatoms. The molecule has 2 atom stereocenters. The van der Waals surface area contributed by atoms with Gasteiger partial charge in [-0.1, -0.05) is 17.7 Å². The van der Waals surface area contributed by atoms with Crippen LogP contribution in [-0.4, -0.2) is 31.6 Å². The van der Waals surface area contributed by atoms with E-state index >= 15 is 0 Å². The number of fused-ring (bicyclic) bond motifs is 1. The molecule has 0 amide bonds. The van der Waals surface area contributed by atoms with E-state index < -0.39 is 10.0 Å². The lowest BCUT2D eigenvalue weighted by Crippen LogP contribution is -2.52. The van der Waals surface area contributed by atoms with Crippen LogP contribution in [0.3, 0.4) is 0 Å². The number of benzene rings is 1. The lowest BCUT2D eigenvalue weighted by molar-refractivity contribution is -0.136. The lowest BCUT2D eigenvalue weighted by atomic mass is 9.69. The number of nitrogens with zero attached hydrogens (tertiary/aromatic N) is 1. The number of sulfonamides is 1. The first-order chi connectivity index (χ1) is 8.98. The molecule has 0 radical (unpaired) electrons. The van der Waals surface area contributed by atoms with E-state index in [2.05, 4.69) is 0 Å². The highest BCUT2D eigenvalue weighted by Gasteiger charge is 2.45. The Morgan fingerprint density at radius 2 is 1.89 bits per heavy atom. The summed E-state index contributed by atoms with van der Waals surface area (Å²) in [6.07, 6.45) is 1.22. The lowest BCUT2D eigenvalue weighted by Gasteiger charge is -2.43. The molecule has 1 heterocycles. The quantitative estimate of drug-likeness (QED) is 0.826. The number of ketones is 1. The van der Waals surface area contributed by atoms with Gasteiger partial charge in [-0.05, 0) is 31.4 Å². The predicted molar refractivity (Wildman–Crippen MR) is 71.2 cm³/mol. The summed E-state index contributed by atoms with van der Waals surface area (Å²) < 4.78 is 26.5. The summed E-state index contributed by atoms with van der Waals surface area (Å²) in [5.41, 5.74) is 1.04. The van der Waals surface area contributed by atoms with E-state index in [0.29, 0.717) is 36.6 Å². The largest absolute Gasteiger partial charge is 0.299 e. The molecule has 19 heavy (non-hydrogen) atoms. The van der Waals surface area contributed by atoms with E-state index in [1.807, 2.05) is 19.1 Å². The van der Waals surface area contributed by atoms with Crippen molar-refractivity contribution in [1.82, 2.24) is 4.31 Å². The molecule has 0 bridgehead atoms. The van der Waals surface area contributed by atoms with Crippen LogP contribution in [0.2, 0.25) is 0 Å². The standard InChI is InChI=1S/C14H17NO3S/c1-10-2-4-12(5-3-10)19(17,18)15-7-6-13-11(9-15)8-14(13)16/h2-5,11,13H,6-9H2,1H3. The summed E-state index contributed by atoms with van der Waals surface area (Å²) in [7, 11) is -3.40. The Kier molecular flexibility index (Phi) is 2.98. The molecule has 1 aromatic carbocycles. The molecule has 1 saturated carbocycles. The van der Waals surface area contributed by atoms with Crippen molar-refractivity contribution in [2.75, 3.05) is 13.1 Å². The average Bonchev–Trinajstić information content (AvgIpc) is 2.37. The molecule has 102 valence electrons. The molecular formula is C14H17NO3S.